The Balaban J connectivity index is 1.21. The van der Waals surface area contributed by atoms with Crippen LogP contribution in [0.3, 0.4) is 0 Å². The van der Waals surface area contributed by atoms with Crippen molar-refractivity contribution in [2.75, 3.05) is 0 Å². The zero-order valence-electron chi connectivity index (χ0n) is 15.4. The van der Waals surface area contributed by atoms with Crippen molar-refractivity contribution in [1.82, 2.24) is 15.5 Å². The van der Waals surface area contributed by atoms with Crippen LogP contribution < -0.4 is 5.32 Å². The molecule has 0 saturated heterocycles. The molecule has 1 amide bonds. The van der Waals surface area contributed by atoms with Crippen LogP contribution in [-0.4, -0.2) is 22.1 Å². The average Bonchev–Trinajstić information content (AvgIpc) is 3.39. The monoisotopic (exact) mass is 353 g/mol. The van der Waals surface area contributed by atoms with Gasteiger partial charge in [-0.05, 0) is 62.5 Å². The molecule has 5 nitrogen and oxygen atoms in total. The quantitative estimate of drug-likeness (QED) is 0.817. The molecule has 2 saturated carbocycles. The molecule has 2 aliphatic carbocycles. The summed E-state index contributed by atoms with van der Waals surface area (Å²) >= 11 is 0. The first-order valence-corrected chi connectivity index (χ1v) is 9.86. The highest BCUT2D eigenvalue weighted by Gasteiger charge is 2.42. The minimum atomic E-state index is 0.142. The standard InChI is InChI=1S/C21H27N3O2/c1-14(18-13-15-10-11-17(18)12-15)22-19(25)8-5-9-20-23-24-21(26-20)16-6-3-2-4-7-16/h2-4,6-7,14-15,17-18H,5,8-13H2,1H3,(H,22,25)/t14-,15+,17+,18-/m1/s1. The summed E-state index contributed by atoms with van der Waals surface area (Å²) in [5, 5.41) is 11.4. The van der Waals surface area contributed by atoms with E-state index in [1.165, 1.54) is 25.7 Å². The molecule has 5 heteroatoms. The number of aromatic nitrogens is 2. The summed E-state index contributed by atoms with van der Waals surface area (Å²) in [6, 6.07) is 10.0. The van der Waals surface area contributed by atoms with Gasteiger partial charge in [-0.3, -0.25) is 4.79 Å². The van der Waals surface area contributed by atoms with Crippen LogP contribution in [0.25, 0.3) is 11.5 Å². The topological polar surface area (TPSA) is 68.0 Å². The van der Waals surface area contributed by atoms with Crippen LogP contribution >= 0.6 is 0 Å². The Morgan fingerprint density at radius 3 is 2.81 bits per heavy atom. The van der Waals surface area contributed by atoms with Gasteiger partial charge in [0.15, 0.2) is 0 Å². The molecule has 1 aromatic carbocycles. The lowest BCUT2D eigenvalue weighted by Gasteiger charge is -2.28. The first-order valence-electron chi connectivity index (χ1n) is 9.86. The Bertz CT molecular complexity index is 743. The molecule has 4 rings (SSSR count). The van der Waals surface area contributed by atoms with E-state index >= 15 is 0 Å². The molecule has 2 aliphatic rings. The second-order valence-electron chi connectivity index (χ2n) is 7.92. The van der Waals surface area contributed by atoms with Crippen molar-refractivity contribution in [3.8, 4) is 11.5 Å². The second-order valence-corrected chi connectivity index (χ2v) is 7.92. The van der Waals surface area contributed by atoms with E-state index in [9.17, 15) is 4.79 Å². The van der Waals surface area contributed by atoms with Gasteiger partial charge in [0.1, 0.15) is 0 Å². The van der Waals surface area contributed by atoms with Crippen LogP contribution in [0, 0.1) is 17.8 Å². The smallest absolute Gasteiger partial charge is 0.247 e. The molecule has 1 aromatic heterocycles. The number of carbonyl (C=O) groups excluding carboxylic acids is 1. The molecule has 26 heavy (non-hydrogen) atoms. The highest BCUT2D eigenvalue weighted by atomic mass is 16.4. The molecular weight excluding hydrogens is 326 g/mol. The summed E-state index contributed by atoms with van der Waals surface area (Å²) in [6.07, 6.45) is 7.31. The first kappa shape index (κ1) is 17.3. The molecule has 2 bridgehead atoms. The maximum absolute atomic E-state index is 12.3. The number of hydrogen-bond acceptors (Lipinski definition) is 4. The molecule has 0 aliphatic heterocycles. The molecule has 1 heterocycles. The molecule has 2 fully saturated rings. The van der Waals surface area contributed by atoms with E-state index in [1.807, 2.05) is 30.3 Å². The number of nitrogens with zero attached hydrogens (tertiary/aromatic N) is 2. The number of nitrogens with one attached hydrogen (secondary N) is 1. The Morgan fingerprint density at radius 2 is 2.08 bits per heavy atom. The normalized spacial score (nSPS) is 25.3. The fourth-order valence-corrected chi connectivity index (χ4v) is 4.79. The zero-order valence-corrected chi connectivity index (χ0v) is 15.4. The van der Waals surface area contributed by atoms with Crippen molar-refractivity contribution in [3.05, 3.63) is 36.2 Å². The summed E-state index contributed by atoms with van der Waals surface area (Å²) in [6.45, 7) is 2.17. The van der Waals surface area contributed by atoms with Gasteiger partial charge in [-0.2, -0.15) is 0 Å². The number of rotatable bonds is 7. The Labute approximate surface area is 154 Å². The summed E-state index contributed by atoms with van der Waals surface area (Å²) < 4.78 is 5.69. The Hall–Kier alpha value is -2.17. The number of fused-ring (bicyclic) bond motifs is 2. The van der Waals surface area contributed by atoms with Crippen LogP contribution in [0.5, 0.6) is 0 Å². The minimum absolute atomic E-state index is 0.142. The van der Waals surface area contributed by atoms with E-state index in [4.69, 9.17) is 4.42 Å². The predicted molar refractivity (Wildman–Crippen MR) is 99.2 cm³/mol. The third-order valence-corrected chi connectivity index (χ3v) is 6.11. The number of hydrogen-bond donors (Lipinski definition) is 1. The maximum atomic E-state index is 12.3. The van der Waals surface area contributed by atoms with Gasteiger partial charge in [0.05, 0.1) is 0 Å². The maximum Gasteiger partial charge on any atom is 0.247 e. The van der Waals surface area contributed by atoms with Crippen LogP contribution in [0.1, 0.15) is 51.3 Å². The largest absolute Gasteiger partial charge is 0.421 e. The number of amides is 1. The lowest BCUT2D eigenvalue weighted by molar-refractivity contribution is -0.122. The third-order valence-electron chi connectivity index (χ3n) is 6.11. The lowest BCUT2D eigenvalue weighted by atomic mass is 9.84. The van der Waals surface area contributed by atoms with E-state index < -0.39 is 0 Å². The van der Waals surface area contributed by atoms with Gasteiger partial charge >= 0.3 is 0 Å². The van der Waals surface area contributed by atoms with E-state index in [1.54, 1.807) is 0 Å². The van der Waals surface area contributed by atoms with Crippen molar-refractivity contribution in [2.45, 2.75) is 57.9 Å². The SMILES string of the molecule is C[C@@H](NC(=O)CCCc1nnc(-c2ccccc2)o1)[C@H]1C[C@H]2CC[C@H]1C2. The Kier molecular flexibility index (Phi) is 5.05. The molecule has 0 unspecified atom stereocenters. The highest BCUT2D eigenvalue weighted by molar-refractivity contribution is 5.76. The summed E-state index contributed by atoms with van der Waals surface area (Å²) in [7, 11) is 0. The second kappa shape index (κ2) is 7.60. The van der Waals surface area contributed by atoms with Gasteiger partial charge < -0.3 is 9.73 Å². The van der Waals surface area contributed by atoms with Crippen LogP contribution in [0.15, 0.2) is 34.7 Å². The van der Waals surface area contributed by atoms with Gasteiger partial charge in [-0.25, -0.2) is 0 Å². The third kappa shape index (κ3) is 3.81. The fraction of sp³-hybridized carbons (Fsp3) is 0.571. The van der Waals surface area contributed by atoms with E-state index in [0.29, 0.717) is 36.6 Å². The number of benzene rings is 1. The van der Waals surface area contributed by atoms with Crippen LogP contribution in [0.4, 0.5) is 0 Å². The predicted octanol–water partition coefficient (Wildman–Crippen LogP) is 4.00. The van der Waals surface area contributed by atoms with Gasteiger partial charge in [-0.1, -0.05) is 24.6 Å². The van der Waals surface area contributed by atoms with Gasteiger partial charge in [-0.15, -0.1) is 10.2 Å². The molecule has 2 aromatic rings. The van der Waals surface area contributed by atoms with Gasteiger partial charge in [0.25, 0.3) is 0 Å². The van der Waals surface area contributed by atoms with Gasteiger partial charge in [0.2, 0.25) is 17.7 Å². The zero-order chi connectivity index (χ0) is 17.9. The lowest BCUT2D eigenvalue weighted by Crippen LogP contribution is -2.40. The van der Waals surface area contributed by atoms with Crippen molar-refractivity contribution < 1.29 is 9.21 Å². The number of carbonyl (C=O) groups is 1. The summed E-state index contributed by atoms with van der Waals surface area (Å²) in [5.41, 5.74) is 0.920. The highest BCUT2D eigenvalue weighted by Crippen LogP contribution is 2.49. The molecule has 0 spiro atoms. The molecule has 4 atom stereocenters. The van der Waals surface area contributed by atoms with Crippen molar-refractivity contribution >= 4 is 5.91 Å². The van der Waals surface area contributed by atoms with Crippen LogP contribution in [0.2, 0.25) is 0 Å². The minimum Gasteiger partial charge on any atom is -0.421 e. The molecule has 0 radical (unpaired) electrons. The van der Waals surface area contributed by atoms with E-state index in [2.05, 4.69) is 22.4 Å². The van der Waals surface area contributed by atoms with E-state index in [-0.39, 0.29) is 5.91 Å². The van der Waals surface area contributed by atoms with Gasteiger partial charge in [0, 0.05) is 24.4 Å². The summed E-state index contributed by atoms with van der Waals surface area (Å²) in [5.74, 6) is 3.71. The molecule has 1 N–H and O–H groups in total. The first-order chi connectivity index (χ1) is 12.7. The van der Waals surface area contributed by atoms with Crippen molar-refractivity contribution in [1.29, 1.82) is 0 Å². The van der Waals surface area contributed by atoms with Crippen LogP contribution in [-0.2, 0) is 11.2 Å². The van der Waals surface area contributed by atoms with Crippen molar-refractivity contribution in [3.63, 3.8) is 0 Å². The Morgan fingerprint density at radius 1 is 1.23 bits per heavy atom. The van der Waals surface area contributed by atoms with E-state index in [0.717, 1.165) is 23.8 Å². The molecule has 138 valence electrons. The average molecular weight is 353 g/mol. The number of aryl methyl sites for hydroxylation is 1. The molecular formula is C21H27N3O2. The fourth-order valence-electron chi connectivity index (χ4n) is 4.79. The summed E-state index contributed by atoms with van der Waals surface area (Å²) in [4.78, 5) is 12.3. The van der Waals surface area contributed by atoms with Crippen molar-refractivity contribution in [2.24, 2.45) is 17.8 Å².